The molecule has 5 heterocycles. The van der Waals surface area contributed by atoms with Gasteiger partial charge in [-0.1, -0.05) is 25.1 Å². The summed E-state index contributed by atoms with van der Waals surface area (Å²) in [5.74, 6) is 0.693. The molecule has 1 aliphatic carbocycles. The van der Waals surface area contributed by atoms with Gasteiger partial charge in [-0.25, -0.2) is 14.1 Å². The lowest BCUT2D eigenvalue weighted by Gasteiger charge is -2.44. The Balaban J connectivity index is 1.53. The van der Waals surface area contributed by atoms with E-state index in [0.29, 0.717) is 18.1 Å². The van der Waals surface area contributed by atoms with Crippen molar-refractivity contribution < 1.29 is 8.81 Å². The molecular weight excluding hydrogens is 453 g/mol. The molecule has 7 rings (SSSR count). The number of aromatic amines is 1. The van der Waals surface area contributed by atoms with E-state index in [1.165, 1.54) is 11.1 Å². The Morgan fingerprint density at radius 3 is 2.75 bits per heavy atom. The number of H-pyrrole nitrogens is 1. The monoisotopic (exact) mass is 483 g/mol. The van der Waals surface area contributed by atoms with Crippen molar-refractivity contribution in [3.63, 3.8) is 0 Å². The van der Waals surface area contributed by atoms with Crippen molar-refractivity contribution in [2.75, 3.05) is 0 Å². The summed E-state index contributed by atoms with van der Waals surface area (Å²) in [6, 6.07) is 8.43. The Labute approximate surface area is 209 Å². The van der Waals surface area contributed by atoms with Crippen LogP contribution in [0.1, 0.15) is 79.8 Å². The molecule has 184 valence electrons. The molecule has 1 N–H and O–H groups in total. The van der Waals surface area contributed by atoms with Gasteiger partial charge in [0.2, 0.25) is 5.89 Å². The Kier molecular flexibility index (Phi) is 4.15. The Morgan fingerprint density at radius 2 is 2.00 bits per heavy atom. The molecule has 0 saturated carbocycles. The minimum atomic E-state index is -1.59. The molecule has 6 nitrogen and oxygen atoms in total. The highest BCUT2D eigenvalue weighted by Gasteiger charge is 2.54. The topological polar surface area (TPSA) is 62.9 Å². The molecule has 0 amide bonds. The number of para-hydroxylation sites is 1. The summed E-state index contributed by atoms with van der Waals surface area (Å²) in [5, 5.41) is 5.34. The molecule has 36 heavy (non-hydrogen) atoms. The first-order chi connectivity index (χ1) is 17.2. The molecule has 1 aromatic carbocycles. The van der Waals surface area contributed by atoms with E-state index >= 15 is 4.39 Å². The third-order valence-electron chi connectivity index (χ3n) is 8.72. The Hall–Kier alpha value is -3.45. The summed E-state index contributed by atoms with van der Waals surface area (Å²) in [6.07, 6.45) is 7.87. The summed E-state index contributed by atoms with van der Waals surface area (Å²) < 4.78 is 23.9. The van der Waals surface area contributed by atoms with Crippen molar-refractivity contribution in [3.05, 3.63) is 94.2 Å². The van der Waals surface area contributed by atoms with Gasteiger partial charge in [0, 0.05) is 23.9 Å². The van der Waals surface area contributed by atoms with Crippen LogP contribution in [0, 0.1) is 0 Å². The van der Waals surface area contributed by atoms with Crippen LogP contribution in [0.2, 0.25) is 0 Å². The van der Waals surface area contributed by atoms with Crippen LogP contribution >= 0.6 is 0 Å². The molecule has 3 aliphatic rings. The van der Waals surface area contributed by atoms with Crippen molar-refractivity contribution in [2.45, 2.75) is 70.8 Å². The summed E-state index contributed by atoms with van der Waals surface area (Å²) in [7, 11) is 0. The lowest BCUT2D eigenvalue weighted by atomic mass is 9.62. The van der Waals surface area contributed by atoms with E-state index in [1.54, 1.807) is 19.4 Å². The zero-order valence-corrected chi connectivity index (χ0v) is 21.3. The molecule has 4 aromatic rings. The molecule has 0 fully saturated rings. The van der Waals surface area contributed by atoms with Crippen molar-refractivity contribution >= 4 is 5.57 Å². The number of nitrogens with one attached hydrogen (secondary N) is 1. The van der Waals surface area contributed by atoms with Crippen LogP contribution in [0.25, 0.3) is 11.3 Å². The molecule has 2 unspecified atom stereocenters. The molecule has 2 atom stereocenters. The third kappa shape index (κ3) is 2.54. The average molecular weight is 484 g/mol. The predicted octanol–water partition coefficient (Wildman–Crippen LogP) is 5.90. The van der Waals surface area contributed by atoms with Gasteiger partial charge >= 0.3 is 0 Å². The van der Waals surface area contributed by atoms with E-state index in [9.17, 15) is 0 Å². The zero-order valence-electron chi connectivity index (χ0n) is 21.3. The number of aryl methyl sites for hydroxylation is 1. The SMILES string of the molecule is CCc1cccc2c1-n1nc3c(c1C1(C)C2=CC(C)(F)c2[nH]ccc21)CN(Cc1ncco1)C3(C)C. The maximum Gasteiger partial charge on any atom is 0.208 e. The second-order valence-electron chi connectivity index (χ2n) is 11.1. The number of nitrogens with zero attached hydrogens (tertiary/aromatic N) is 4. The quantitative estimate of drug-likeness (QED) is 0.394. The first-order valence-electron chi connectivity index (χ1n) is 12.7. The fourth-order valence-corrected chi connectivity index (χ4v) is 6.82. The molecular formula is C29H30FN5O. The number of hydrogen-bond acceptors (Lipinski definition) is 4. The van der Waals surface area contributed by atoms with Crippen LogP contribution in [0.15, 0.2) is 53.4 Å². The predicted molar refractivity (Wildman–Crippen MR) is 135 cm³/mol. The second-order valence-corrected chi connectivity index (χ2v) is 11.1. The van der Waals surface area contributed by atoms with Crippen LogP contribution in [0.4, 0.5) is 4.39 Å². The van der Waals surface area contributed by atoms with Crippen molar-refractivity contribution in [3.8, 4) is 5.69 Å². The number of allylic oxidation sites excluding steroid dienone is 2. The van der Waals surface area contributed by atoms with Gasteiger partial charge in [0.15, 0.2) is 5.67 Å². The summed E-state index contributed by atoms with van der Waals surface area (Å²) in [5.41, 5.74) is 6.94. The first kappa shape index (κ1) is 21.8. The van der Waals surface area contributed by atoms with E-state index < -0.39 is 11.1 Å². The molecule has 0 saturated heterocycles. The number of rotatable bonds is 3. The smallest absolute Gasteiger partial charge is 0.208 e. The van der Waals surface area contributed by atoms with Gasteiger partial charge in [0.1, 0.15) is 6.26 Å². The molecule has 0 bridgehead atoms. The van der Waals surface area contributed by atoms with Gasteiger partial charge in [0.25, 0.3) is 0 Å². The van der Waals surface area contributed by atoms with Gasteiger partial charge in [-0.15, -0.1) is 0 Å². The summed E-state index contributed by atoms with van der Waals surface area (Å²) in [6.45, 7) is 11.8. The molecule has 2 aliphatic heterocycles. The maximum atomic E-state index is 16.1. The zero-order chi connectivity index (χ0) is 25.0. The maximum absolute atomic E-state index is 16.1. The lowest BCUT2D eigenvalue weighted by molar-refractivity contribution is 0.110. The average Bonchev–Trinajstić information content (AvgIpc) is 3.63. The van der Waals surface area contributed by atoms with Crippen LogP contribution in [0.5, 0.6) is 0 Å². The van der Waals surface area contributed by atoms with E-state index in [4.69, 9.17) is 9.52 Å². The molecule has 7 heteroatoms. The Morgan fingerprint density at radius 1 is 1.17 bits per heavy atom. The Bertz CT molecular complexity index is 1550. The van der Waals surface area contributed by atoms with E-state index in [2.05, 4.69) is 65.4 Å². The van der Waals surface area contributed by atoms with Gasteiger partial charge in [-0.05, 0) is 63.0 Å². The second kappa shape index (κ2) is 6.85. The van der Waals surface area contributed by atoms with Gasteiger partial charge in [-0.2, -0.15) is 5.10 Å². The van der Waals surface area contributed by atoms with Gasteiger partial charge in [0.05, 0.1) is 46.5 Å². The highest BCUT2D eigenvalue weighted by Crippen LogP contribution is 2.59. The minimum Gasteiger partial charge on any atom is -0.448 e. The highest BCUT2D eigenvalue weighted by atomic mass is 19.1. The van der Waals surface area contributed by atoms with Crippen molar-refractivity contribution in [1.29, 1.82) is 0 Å². The van der Waals surface area contributed by atoms with Gasteiger partial charge in [-0.3, -0.25) is 4.90 Å². The number of aromatic nitrogens is 4. The number of alkyl halides is 1. The number of benzene rings is 1. The van der Waals surface area contributed by atoms with E-state index in [0.717, 1.165) is 46.7 Å². The van der Waals surface area contributed by atoms with Crippen molar-refractivity contribution in [1.82, 2.24) is 24.6 Å². The molecule has 0 spiro atoms. The normalized spacial score (nSPS) is 25.6. The summed E-state index contributed by atoms with van der Waals surface area (Å²) >= 11 is 0. The lowest BCUT2D eigenvalue weighted by Crippen LogP contribution is -2.41. The third-order valence-corrected chi connectivity index (χ3v) is 8.72. The van der Waals surface area contributed by atoms with Crippen LogP contribution in [-0.2, 0) is 36.1 Å². The van der Waals surface area contributed by atoms with E-state index in [-0.39, 0.29) is 5.54 Å². The number of fused-ring (bicyclic) bond motifs is 10. The van der Waals surface area contributed by atoms with Gasteiger partial charge < -0.3 is 9.40 Å². The standard InChI is InChI=1S/C29H30FN5O/c1-6-17-8-7-9-18-21-14-28(4,30)25-20(10-11-32-25)29(21,5)26-19-15-34(16-22-31-12-13-36-22)27(2,3)24(19)33-35(26)23(17)18/h7-14,32H,6,15-16H2,1-5H3. The number of hydrogen-bond donors (Lipinski definition) is 1. The van der Waals surface area contributed by atoms with Crippen LogP contribution in [-0.4, -0.2) is 24.6 Å². The first-order valence-corrected chi connectivity index (χ1v) is 12.7. The van der Waals surface area contributed by atoms with Crippen molar-refractivity contribution in [2.24, 2.45) is 0 Å². The largest absolute Gasteiger partial charge is 0.448 e. The fourth-order valence-electron chi connectivity index (χ4n) is 6.82. The van der Waals surface area contributed by atoms with Crippen LogP contribution < -0.4 is 0 Å². The van der Waals surface area contributed by atoms with E-state index in [1.807, 2.05) is 18.3 Å². The molecule has 0 radical (unpaired) electrons. The fraction of sp³-hybridized carbons (Fsp3) is 0.379. The van der Waals surface area contributed by atoms with Crippen LogP contribution in [0.3, 0.4) is 0 Å². The number of halogens is 1. The summed E-state index contributed by atoms with van der Waals surface area (Å²) in [4.78, 5) is 9.95. The minimum absolute atomic E-state index is 0.319. The number of oxazole rings is 1. The molecule has 3 aromatic heterocycles. The highest BCUT2D eigenvalue weighted by molar-refractivity contribution is 5.89.